The number of hydrogen-bond acceptors (Lipinski definition) is 4. The Kier molecular flexibility index (Phi) is 6.69. The van der Waals surface area contributed by atoms with Crippen LogP contribution < -0.4 is 10.1 Å². The Hall–Kier alpha value is -2.24. The number of carbonyl (C=O) groups excluding carboxylic acids is 1. The summed E-state index contributed by atoms with van der Waals surface area (Å²) in [6.07, 6.45) is 1.13. The maximum atomic E-state index is 11.4. The van der Waals surface area contributed by atoms with Gasteiger partial charge in [0.1, 0.15) is 11.4 Å². The smallest absolute Gasteiger partial charge is 0.407 e. The maximum Gasteiger partial charge on any atom is 0.407 e. The fraction of sp³-hybridized carbons (Fsp3) is 0.500. The first kappa shape index (κ1) is 17.8. The monoisotopic (exact) mass is 309 g/mol. The zero-order valence-electron chi connectivity index (χ0n) is 13.2. The number of unbranched alkanes of at least 4 members (excludes halogenated alkanes) is 1. The molecule has 0 radical (unpaired) electrons. The summed E-state index contributed by atoms with van der Waals surface area (Å²) in [7, 11) is 0. The predicted octanol–water partition coefficient (Wildman–Crippen LogP) is 3.07. The summed E-state index contributed by atoms with van der Waals surface area (Å²) in [6.45, 7) is 6.47. The number of carboxylic acid groups (broad SMARTS) is 1. The molecule has 0 fully saturated rings. The molecule has 0 unspecified atom stereocenters. The third kappa shape index (κ3) is 7.52. The maximum absolute atomic E-state index is 11.4. The van der Waals surface area contributed by atoms with Crippen LogP contribution in [0.2, 0.25) is 0 Å². The summed E-state index contributed by atoms with van der Waals surface area (Å²) in [5.41, 5.74) is -0.260. The van der Waals surface area contributed by atoms with Crippen molar-refractivity contribution in [2.75, 3.05) is 13.2 Å². The van der Waals surface area contributed by atoms with Crippen molar-refractivity contribution < 1.29 is 24.2 Å². The number of benzene rings is 1. The van der Waals surface area contributed by atoms with Crippen LogP contribution in [0.4, 0.5) is 4.79 Å². The van der Waals surface area contributed by atoms with Gasteiger partial charge in [-0.3, -0.25) is 0 Å². The summed E-state index contributed by atoms with van der Waals surface area (Å²) in [5.74, 6) is -0.329. The molecule has 0 bridgehead atoms. The molecule has 0 aliphatic rings. The molecule has 22 heavy (non-hydrogen) atoms. The molecule has 0 saturated heterocycles. The van der Waals surface area contributed by atoms with Crippen molar-refractivity contribution in [3.05, 3.63) is 29.8 Å². The molecule has 122 valence electrons. The third-order valence-electron chi connectivity index (χ3n) is 2.61. The zero-order valence-corrected chi connectivity index (χ0v) is 13.2. The van der Waals surface area contributed by atoms with E-state index in [1.165, 1.54) is 12.1 Å². The Morgan fingerprint density at radius 3 is 2.32 bits per heavy atom. The summed E-state index contributed by atoms with van der Waals surface area (Å²) in [5, 5.41) is 11.5. The molecule has 1 rings (SSSR count). The number of nitrogens with one attached hydrogen (secondary N) is 1. The number of amides is 1. The molecule has 0 heterocycles. The first-order valence-electron chi connectivity index (χ1n) is 7.21. The SMILES string of the molecule is CC(C)(C)OC(=O)NCCCCOc1ccc(C(=O)O)cc1. The van der Waals surface area contributed by atoms with Crippen LogP contribution in [0, 0.1) is 0 Å². The number of alkyl carbamates (subject to hydrolysis) is 1. The van der Waals surface area contributed by atoms with E-state index >= 15 is 0 Å². The molecule has 0 aliphatic heterocycles. The number of carbonyl (C=O) groups is 2. The summed E-state index contributed by atoms with van der Waals surface area (Å²) in [4.78, 5) is 22.1. The fourth-order valence-corrected chi connectivity index (χ4v) is 1.62. The van der Waals surface area contributed by atoms with Gasteiger partial charge in [0.25, 0.3) is 0 Å². The van der Waals surface area contributed by atoms with Crippen molar-refractivity contribution in [3.8, 4) is 5.75 Å². The highest BCUT2D eigenvalue weighted by Crippen LogP contribution is 2.12. The second-order valence-electron chi connectivity index (χ2n) is 5.81. The Morgan fingerprint density at radius 1 is 1.14 bits per heavy atom. The molecule has 1 amide bonds. The summed E-state index contributed by atoms with van der Waals surface area (Å²) >= 11 is 0. The van der Waals surface area contributed by atoms with Crippen LogP contribution in [-0.4, -0.2) is 35.9 Å². The van der Waals surface area contributed by atoms with Crippen LogP contribution in [-0.2, 0) is 4.74 Å². The predicted molar refractivity (Wildman–Crippen MR) is 82.4 cm³/mol. The lowest BCUT2D eigenvalue weighted by atomic mass is 10.2. The molecule has 6 heteroatoms. The highest BCUT2D eigenvalue weighted by atomic mass is 16.6. The number of aromatic carboxylic acids is 1. The Labute approximate surface area is 130 Å². The van der Waals surface area contributed by atoms with Crippen LogP contribution in [0.25, 0.3) is 0 Å². The summed E-state index contributed by atoms with van der Waals surface area (Å²) in [6, 6.07) is 6.26. The fourth-order valence-electron chi connectivity index (χ4n) is 1.62. The van der Waals surface area contributed by atoms with Crippen LogP contribution in [0.5, 0.6) is 5.75 Å². The van der Waals surface area contributed by atoms with Gasteiger partial charge in [0.05, 0.1) is 12.2 Å². The van der Waals surface area contributed by atoms with Crippen LogP contribution in [0.15, 0.2) is 24.3 Å². The molecule has 2 N–H and O–H groups in total. The molecule has 1 aromatic carbocycles. The van der Waals surface area contributed by atoms with Gasteiger partial charge < -0.3 is 19.9 Å². The minimum absolute atomic E-state index is 0.230. The van der Waals surface area contributed by atoms with E-state index in [1.807, 2.05) is 20.8 Å². The normalized spacial score (nSPS) is 10.9. The van der Waals surface area contributed by atoms with Gasteiger partial charge in [-0.2, -0.15) is 0 Å². The van der Waals surface area contributed by atoms with E-state index in [2.05, 4.69) is 5.32 Å². The van der Waals surface area contributed by atoms with Crippen molar-refractivity contribution >= 4 is 12.1 Å². The standard InChI is InChI=1S/C16H23NO5/c1-16(2,3)22-15(20)17-10-4-5-11-21-13-8-6-12(7-9-13)14(18)19/h6-9H,4-5,10-11H2,1-3H3,(H,17,20)(H,18,19). The van der Waals surface area contributed by atoms with Crippen molar-refractivity contribution in [2.45, 2.75) is 39.2 Å². The van der Waals surface area contributed by atoms with E-state index in [9.17, 15) is 9.59 Å². The average molecular weight is 309 g/mol. The average Bonchev–Trinajstić information content (AvgIpc) is 2.41. The van der Waals surface area contributed by atoms with E-state index < -0.39 is 17.7 Å². The molecular formula is C16H23NO5. The molecule has 0 aliphatic carbocycles. The van der Waals surface area contributed by atoms with Crippen LogP contribution in [0.1, 0.15) is 44.0 Å². The van der Waals surface area contributed by atoms with Gasteiger partial charge in [0.2, 0.25) is 0 Å². The van der Waals surface area contributed by atoms with Gasteiger partial charge in [0.15, 0.2) is 0 Å². The van der Waals surface area contributed by atoms with Crippen molar-refractivity contribution in [2.24, 2.45) is 0 Å². The number of rotatable bonds is 7. The Balaban J connectivity index is 2.13. The molecule has 6 nitrogen and oxygen atoms in total. The van der Waals surface area contributed by atoms with Gasteiger partial charge in [-0.15, -0.1) is 0 Å². The second-order valence-corrected chi connectivity index (χ2v) is 5.81. The first-order valence-corrected chi connectivity index (χ1v) is 7.21. The quantitative estimate of drug-likeness (QED) is 0.756. The Morgan fingerprint density at radius 2 is 1.77 bits per heavy atom. The van der Waals surface area contributed by atoms with Crippen LogP contribution >= 0.6 is 0 Å². The van der Waals surface area contributed by atoms with Gasteiger partial charge in [-0.05, 0) is 57.9 Å². The lowest BCUT2D eigenvalue weighted by Crippen LogP contribution is -2.33. The lowest BCUT2D eigenvalue weighted by Gasteiger charge is -2.19. The minimum atomic E-state index is -0.959. The first-order chi connectivity index (χ1) is 10.3. The van der Waals surface area contributed by atoms with Gasteiger partial charge in [-0.25, -0.2) is 9.59 Å². The number of carboxylic acids is 1. The second kappa shape index (κ2) is 8.26. The molecular weight excluding hydrogens is 286 g/mol. The molecule has 0 saturated carbocycles. The number of ether oxygens (including phenoxy) is 2. The zero-order chi connectivity index (χ0) is 16.6. The minimum Gasteiger partial charge on any atom is -0.494 e. The molecule has 0 aromatic heterocycles. The van der Waals surface area contributed by atoms with Gasteiger partial charge in [-0.1, -0.05) is 0 Å². The van der Waals surface area contributed by atoms with E-state index in [-0.39, 0.29) is 5.56 Å². The van der Waals surface area contributed by atoms with Crippen molar-refractivity contribution in [1.29, 1.82) is 0 Å². The Bertz CT molecular complexity index is 490. The van der Waals surface area contributed by atoms with Gasteiger partial charge in [0, 0.05) is 6.54 Å². The largest absolute Gasteiger partial charge is 0.494 e. The van der Waals surface area contributed by atoms with Crippen LogP contribution in [0.3, 0.4) is 0 Å². The molecule has 1 aromatic rings. The molecule has 0 atom stereocenters. The van der Waals surface area contributed by atoms with Crippen molar-refractivity contribution in [1.82, 2.24) is 5.32 Å². The molecule has 0 spiro atoms. The number of hydrogen-bond donors (Lipinski definition) is 2. The van der Waals surface area contributed by atoms with E-state index in [0.29, 0.717) is 18.9 Å². The van der Waals surface area contributed by atoms with E-state index in [0.717, 1.165) is 12.8 Å². The topological polar surface area (TPSA) is 84.9 Å². The highest BCUT2D eigenvalue weighted by molar-refractivity contribution is 5.87. The lowest BCUT2D eigenvalue weighted by molar-refractivity contribution is 0.0525. The summed E-state index contributed by atoms with van der Waals surface area (Å²) < 4.78 is 10.6. The van der Waals surface area contributed by atoms with Crippen molar-refractivity contribution in [3.63, 3.8) is 0 Å². The van der Waals surface area contributed by atoms with Gasteiger partial charge >= 0.3 is 12.1 Å². The van der Waals surface area contributed by atoms with E-state index in [1.54, 1.807) is 12.1 Å². The van der Waals surface area contributed by atoms with E-state index in [4.69, 9.17) is 14.6 Å². The third-order valence-corrected chi connectivity index (χ3v) is 2.61. The highest BCUT2D eigenvalue weighted by Gasteiger charge is 2.15.